The first kappa shape index (κ1) is 18.9. The first-order valence-corrected chi connectivity index (χ1v) is 8.02. The number of carbonyl (C=O) groups is 1. The van der Waals surface area contributed by atoms with Crippen LogP contribution in [0.5, 0.6) is 0 Å². The summed E-state index contributed by atoms with van der Waals surface area (Å²) in [6.45, 7) is 4.52. The summed E-state index contributed by atoms with van der Waals surface area (Å²) in [5.74, 6) is 2.24. The number of nitrogens with zero attached hydrogens (tertiary/aromatic N) is 3. The molecule has 1 aliphatic heterocycles. The molecule has 0 unspecified atom stereocenters. The van der Waals surface area contributed by atoms with Crippen LogP contribution in [0.1, 0.15) is 50.7 Å². The van der Waals surface area contributed by atoms with Crippen molar-refractivity contribution < 1.29 is 9.32 Å². The van der Waals surface area contributed by atoms with Crippen molar-refractivity contribution in [2.24, 2.45) is 11.7 Å². The Bertz CT molecular complexity index is 445. The van der Waals surface area contributed by atoms with Gasteiger partial charge in [0.1, 0.15) is 0 Å². The third kappa shape index (κ3) is 5.57. The van der Waals surface area contributed by atoms with E-state index in [1.165, 1.54) is 0 Å². The van der Waals surface area contributed by atoms with E-state index in [1.54, 1.807) is 0 Å². The molecule has 0 spiro atoms. The number of piperidine rings is 1. The molecule has 22 heavy (non-hydrogen) atoms. The average molecular weight is 331 g/mol. The van der Waals surface area contributed by atoms with E-state index in [2.05, 4.69) is 17.1 Å². The Balaban J connectivity index is 0.00000242. The van der Waals surface area contributed by atoms with Gasteiger partial charge in [-0.2, -0.15) is 4.98 Å². The Morgan fingerprint density at radius 3 is 2.73 bits per heavy atom. The van der Waals surface area contributed by atoms with Gasteiger partial charge in [0.05, 0.1) is 0 Å². The van der Waals surface area contributed by atoms with Crippen LogP contribution in [0.25, 0.3) is 0 Å². The molecular formula is C15H27ClN4O2. The number of likely N-dealkylation sites (tertiary alicyclic amines) is 1. The first-order valence-electron chi connectivity index (χ1n) is 8.02. The lowest BCUT2D eigenvalue weighted by molar-refractivity contribution is -0.132. The minimum atomic E-state index is 0. The maximum Gasteiger partial charge on any atom is 0.226 e. The van der Waals surface area contributed by atoms with Crippen molar-refractivity contribution in [1.29, 1.82) is 0 Å². The molecule has 0 aliphatic carbocycles. The van der Waals surface area contributed by atoms with Gasteiger partial charge < -0.3 is 15.2 Å². The third-order valence-corrected chi connectivity index (χ3v) is 4.07. The smallest absolute Gasteiger partial charge is 0.226 e. The van der Waals surface area contributed by atoms with E-state index in [-0.39, 0.29) is 18.3 Å². The molecule has 6 nitrogen and oxygen atoms in total. The lowest BCUT2D eigenvalue weighted by Crippen LogP contribution is -2.39. The van der Waals surface area contributed by atoms with Gasteiger partial charge in [0.25, 0.3) is 0 Å². The summed E-state index contributed by atoms with van der Waals surface area (Å²) in [6, 6.07) is 0. The highest BCUT2D eigenvalue weighted by Gasteiger charge is 2.21. The molecule has 2 heterocycles. The normalized spacial score (nSPS) is 15.6. The van der Waals surface area contributed by atoms with Gasteiger partial charge >= 0.3 is 0 Å². The fourth-order valence-corrected chi connectivity index (χ4v) is 2.68. The molecule has 0 saturated carbocycles. The van der Waals surface area contributed by atoms with Gasteiger partial charge in [-0.25, -0.2) is 0 Å². The van der Waals surface area contributed by atoms with Crippen LogP contribution in [0.15, 0.2) is 4.52 Å². The van der Waals surface area contributed by atoms with E-state index in [1.807, 2.05) is 4.90 Å². The van der Waals surface area contributed by atoms with E-state index in [0.29, 0.717) is 24.7 Å². The molecule has 1 fully saturated rings. The molecule has 1 aromatic heterocycles. The molecule has 126 valence electrons. The van der Waals surface area contributed by atoms with Gasteiger partial charge in [-0.3, -0.25) is 4.79 Å². The Hall–Kier alpha value is -1.14. The lowest BCUT2D eigenvalue weighted by atomic mass is 9.97. The zero-order valence-electron chi connectivity index (χ0n) is 13.3. The maximum atomic E-state index is 12.1. The van der Waals surface area contributed by atoms with Crippen LogP contribution in [-0.2, 0) is 17.6 Å². The highest BCUT2D eigenvalue weighted by molar-refractivity contribution is 5.85. The van der Waals surface area contributed by atoms with Crippen molar-refractivity contribution in [2.75, 3.05) is 19.6 Å². The van der Waals surface area contributed by atoms with Crippen molar-refractivity contribution in [1.82, 2.24) is 15.0 Å². The van der Waals surface area contributed by atoms with Crippen LogP contribution < -0.4 is 5.73 Å². The van der Waals surface area contributed by atoms with Crippen LogP contribution in [-0.4, -0.2) is 40.6 Å². The minimum Gasteiger partial charge on any atom is -0.343 e. The Morgan fingerprint density at radius 1 is 1.36 bits per heavy atom. The molecule has 0 aromatic carbocycles. The first-order chi connectivity index (χ1) is 10.2. The molecule has 1 saturated heterocycles. The van der Waals surface area contributed by atoms with Crippen LogP contribution >= 0.6 is 12.4 Å². The maximum absolute atomic E-state index is 12.1. The summed E-state index contributed by atoms with van der Waals surface area (Å²) >= 11 is 0. The average Bonchev–Trinajstić information content (AvgIpc) is 2.95. The predicted octanol–water partition coefficient (Wildman–Crippen LogP) is 1.96. The number of hydrogen-bond donors (Lipinski definition) is 1. The zero-order chi connectivity index (χ0) is 15.1. The number of aromatic nitrogens is 2. The van der Waals surface area contributed by atoms with Crippen LogP contribution in [0, 0.1) is 5.92 Å². The second-order valence-electron chi connectivity index (χ2n) is 5.77. The summed E-state index contributed by atoms with van der Waals surface area (Å²) < 4.78 is 5.17. The van der Waals surface area contributed by atoms with Gasteiger partial charge in [-0.1, -0.05) is 12.1 Å². The number of nitrogens with two attached hydrogens (primary N) is 1. The number of rotatable bonds is 7. The zero-order valence-corrected chi connectivity index (χ0v) is 14.1. The summed E-state index contributed by atoms with van der Waals surface area (Å²) in [5.41, 5.74) is 5.67. The molecule has 0 radical (unpaired) electrons. The molecule has 0 bridgehead atoms. The highest BCUT2D eigenvalue weighted by atomic mass is 35.5. The van der Waals surface area contributed by atoms with Crippen LogP contribution in [0.2, 0.25) is 0 Å². The summed E-state index contributed by atoms with van der Waals surface area (Å²) in [6.07, 6.45) is 5.93. The number of aryl methyl sites for hydroxylation is 2. The second-order valence-corrected chi connectivity index (χ2v) is 5.77. The summed E-state index contributed by atoms with van der Waals surface area (Å²) in [4.78, 5) is 18.4. The standard InChI is InChI=1S/C15H26N4O2.ClH/c1-2-4-13-17-14(21-18-13)5-3-6-15(20)19-9-7-12(11-16)8-10-19;/h12H,2-11,16H2,1H3;1H. The topological polar surface area (TPSA) is 85.2 Å². The van der Waals surface area contributed by atoms with E-state index in [4.69, 9.17) is 10.3 Å². The summed E-state index contributed by atoms with van der Waals surface area (Å²) in [5, 5.41) is 3.92. The Morgan fingerprint density at radius 2 is 2.09 bits per heavy atom. The van der Waals surface area contributed by atoms with Gasteiger partial charge in [-0.15, -0.1) is 12.4 Å². The largest absolute Gasteiger partial charge is 0.343 e. The number of halogens is 1. The van der Waals surface area contributed by atoms with E-state index < -0.39 is 0 Å². The SMILES string of the molecule is CCCc1noc(CCCC(=O)N2CCC(CN)CC2)n1.Cl. The molecule has 7 heteroatoms. The van der Waals surface area contributed by atoms with E-state index in [0.717, 1.165) is 57.6 Å². The van der Waals surface area contributed by atoms with Crippen LogP contribution in [0.4, 0.5) is 0 Å². The second kappa shape index (κ2) is 9.79. The lowest BCUT2D eigenvalue weighted by Gasteiger charge is -2.31. The molecule has 2 rings (SSSR count). The third-order valence-electron chi connectivity index (χ3n) is 4.07. The Kier molecular flexibility index (Phi) is 8.42. The van der Waals surface area contributed by atoms with Gasteiger partial charge in [0.15, 0.2) is 5.82 Å². The van der Waals surface area contributed by atoms with Crippen molar-refractivity contribution >= 4 is 18.3 Å². The van der Waals surface area contributed by atoms with Gasteiger partial charge in [-0.05, 0) is 38.1 Å². The van der Waals surface area contributed by atoms with Crippen molar-refractivity contribution in [3.05, 3.63) is 11.7 Å². The summed E-state index contributed by atoms with van der Waals surface area (Å²) in [7, 11) is 0. The number of amides is 1. The fraction of sp³-hybridized carbons (Fsp3) is 0.800. The molecule has 1 amide bonds. The molecule has 2 N–H and O–H groups in total. The number of carbonyl (C=O) groups excluding carboxylic acids is 1. The van der Waals surface area contributed by atoms with Crippen LogP contribution in [0.3, 0.4) is 0 Å². The van der Waals surface area contributed by atoms with Gasteiger partial charge in [0, 0.05) is 32.4 Å². The van der Waals surface area contributed by atoms with Gasteiger partial charge in [0.2, 0.25) is 11.8 Å². The van der Waals surface area contributed by atoms with Crippen molar-refractivity contribution in [3.63, 3.8) is 0 Å². The van der Waals surface area contributed by atoms with Crippen molar-refractivity contribution in [3.8, 4) is 0 Å². The quantitative estimate of drug-likeness (QED) is 0.826. The van der Waals surface area contributed by atoms with E-state index >= 15 is 0 Å². The Labute approximate surface area is 138 Å². The molecule has 1 aliphatic rings. The monoisotopic (exact) mass is 330 g/mol. The highest BCUT2D eigenvalue weighted by Crippen LogP contribution is 2.17. The van der Waals surface area contributed by atoms with Crippen molar-refractivity contribution in [2.45, 2.75) is 51.9 Å². The minimum absolute atomic E-state index is 0. The molecular weight excluding hydrogens is 304 g/mol. The fourth-order valence-electron chi connectivity index (χ4n) is 2.68. The predicted molar refractivity (Wildman–Crippen MR) is 86.8 cm³/mol. The molecule has 1 aromatic rings. The number of hydrogen-bond acceptors (Lipinski definition) is 5. The van der Waals surface area contributed by atoms with E-state index in [9.17, 15) is 4.79 Å². The molecule has 0 atom stereocenters.